The van der Waals surface area contributed by atoms with Crippen molar-refractivity contribution in [2.75, 3.05) is 0 Å². The summed E-state index contributed by atoms with van der Waals surface area (Å²) in [4.78, 5) is 5.73. The molecule has 0 spiro atoms. The van der Waals surface area contributed by atoms with Crippen LogP contribution >= 0.6 is 0 Å². The van der Waals surface area contributed by atoms with E-state index in [4.69, 9.17) is 4.84 Å². The maximum Gasteiger partial charge on any atom is 0.0790 e. The number of hydrogen-bond acceptors (Lipinski definition) is 2. The first-order valence-corrected chi connectivity index (χ1v) is 6.29. The van der Waals surface area contributed by atoms with Crippen LogP contribution in [0, 0.1) is 5.92 Å². The molecule has 0 aromatic carbocycles. The van der Waals surface area contributed by atoms with Crippen molar-refractivity contribution >= 4 is 0 Å². The van der Waals surface area contributed by atoms with Crippen LogP contribution in [0.4, 0.5) is 0 Å². The highest BCUT2D eigenvalue weighted by molar-refractivity contribution is 4.78. The van der Waals surface area contributed by atoms with Gasteiger partial charge in [0.05, 0.1) is 6.10 Å². The van der Waals surface area contributed by atoms with Gasteiger partial charge in [-0.2, -0.15) is 5.48 Å². The van der Waals surface area contributed by atoms with Crippen molar-refractivity contribution in [1.82, 2.24) is 5.48 Å². The van der Waals surface area contributed by atoms with Crippen molar-refractivity contribution < 1.29 is 4.84 Å². The molecule has 1 N–H and O–H groups in total. The molecule has 2 saturated carbocycles. The van der Waals surface area contributed by atoms with Gasteiger partial charge >= 0.3 is 0 Å². The fraction of sp³-hybridized carbons (Fsp3) is 1.00. The fourth-order valence-corrected chi connectivity index (χ4v) is 2.75. The van der Waals surface area contributed by atoms with Gasteiger partial charge in [-0.1, -0.05) is 26.2 Å². The monoisotopic (exact) mass is 197 g/mol. The summed E-state index contributed by atoms with van der Waals surface area (Å²) in [6, 6.07) is 0.639. The lowest BCUT2D eigenvalue weighted by atomic mass is 10.1. The molecule has 0 bridgehead atoms. The minimum Gasteiger partial charge on any atom is -0.298 e. The Morgan fingerprint density at radius 2 is 1.93 bits per heavy atom. The quantitative estimate of drug-likeness (QED) is 0.699. The molecule has 2 atom stereocenters. The molecule has 0 aromatic heterocycles. The maximum absolute atomic E-state index is 5.73. The van der Waals surface area contributed by atoms with E-state index in [0.717, 1.165) is 5.92 Å². The molecule has 2 aliphatic carbocycles. The van der Waals surface area contributed by atoms with Gasteiger partial charge in [-0.25, -0.2) is 0 Å². The summed E-state index contributed by atoms with van der Waals surface area (Å²) >= 11 is 0. The first kappa shape index (κ1) is 10.4. The average Bonchev–Trinajstić information content (AvgIpc) is 2.86. The SMILES string of the molecule is CCC1CCC(NOC2CCCC2)C1. The van der Waals surface area contributed by atoms with Gasteiger partial charge in [-0.15, -0.1) is 0 Å². The normalized spacial score (nSPS) is 34.1. The smallest absolute Gasteiger partial charge is 0.0790 e. The fourth-order valence-electron chi connectivity index (χ4n) is 2.75. The topological polar surface area (TPSA) is 21.3 Å². The van der Waals surface area contributed by atoms with Crippen LogP contribution < -0.4 is 5.48 Å². The summed E-state index contributed by atoms with van der Waals surface area (Å²) in [5.74, 6) is 0.944. The van der Waals surface area contributed by atoms with E-state index in [1.165, 1.54) is 51.4 Å². The van der Waals surface area contributed by atoms with Crippen molar-refractivity contribution in [2.24, 2.45) is 5.92 Å². The highest BCUT2D eigenvalue weighted by Gasteiger charge is 2.24. The lowest BCUT2D eigenvalue weighted by Gasteiger charge is -2.16. The highest BCUT2D eigenvalue weighted by Crippen LogP contribution is 2.28. The van der Waals surface area contributed by atoms with Gasteiger partial charge in [0.15, 0.2) is 0 Å². The average molecular weight is 197 g/mol. The number of hydrogen-bond donors (Lipinski definition) is 1. The predicted molar refractivity (Wildman–Crippen MR) is 57.9 cm³/mol. The van der Waals surface area contributed by atoms with Crippen LogP contribution in [0.3, 0.4) is 0 Å². The molecule has 14 heavy (non-hydrogen) atoms. The van der Waals surface area contributed by atoms with Crippen LogP contribution in [0.15, 0.2) is 0 Å². The summed E-state index contributed by atoms with van der Waals surface area (Å²) in [6.07, 6.45) is 11.1. The van der Waals surface area contributed by atoms with E-state index < -0.39 is 0 Å². The van der Waals surface area contributed by atoms with Gasteiger partial charge in [-0.05, 0) is 38.0 Å². The molecule has 0 aromatic rings. The number of rotatable bonds is 4. The Balaban J connectivity index is 1.61. The van der Waals surface area contributed by atoms with Gasteiger partial charge in [0.25, 0.3) is 0 Å². The van der Waals surface area contributed by atoms with Crippen molar-refractivity contribution in [2.45, 2.75) is 70.4 Å². The van der Waals surface area contributed by atoms with Gasteiger partial charge in [0.2, 0.25) is 0 Å². The Labute approximate surface area is 87.4 Å². The standard InChI is InChI=1S/C12H23NO/c1-2-10-7-8-11(9-10)13-14-12-5-3-4-6-12/h10-13H,2-9H2,1H3. The summed E-state index contributed by atoms with van der Waals surface area (Å²) in [5.41, 5.74) is 3.29. The van der Waals surface area contributed by atoms with E-state index >= 15 is 0 Å². The molecule has 0 amide bonds. The Kier molecular flexibility index (Phi) is 3.82. The largest absolute Gasteiger partial charge is 0.298 e. The lowest BCUT2D eigenvalue weighted by molar-refractivity contribution is -0.0395. The van der Waals surface area contributed by atoms with Gasteiger partial charge in [0.1, 0.15) is 0 Å². The van der Waals surface area contributed by atoms with E-state index in [1.54, 1.807) is 0 Å². The zero-order valence-corrected chi connectivity index (χ0v) is 9.30. The summed E-state index contributed by atoms with van der Waals surface area (Å²) < 4.78 is 0. The molecule has 0 aliphatic heterocycles. The molecule has 2 rings (SSSR count). The lowest BCUT2D eigenvalue weighted by Crippen LogP contribution is -2.30. The summed E-state index contributed by atoms with van der Waals surface area (Å²) in [5, 5.41) is 0. The van der Waals surface area contributed by atoms with E-state index in [0.29, 0.717) is 12.1 Å². The van der Waals surface area contributed by atoms with Crippen LogP contribution in [-0.4, -0.2) is 12.1 Å². The van der Waals surface area contributed by atoms with Crippen LogP contribution in [0.2, 0.25) is 0 Å². The van der Waals surface area contributed by atoms with Crippen LogP contribution in [0.1, 0.15) is 58.3 Å². The molecular formula is C12H23NO. The molecule has 2 fully saturated rings. The maximum atomic E-state index is 5.73. The Morgan fingerprint density at radius 1 is 1.14 bits per heavy atom. The molecule has 2 aliphatic rings. The van der Waals surface area contributed by atoms with E-state index in [-0.39, 0.29) is 0 Å². The van der Waals surface area contributed by atoms with Crippen molar-refractivity contribution in [3.63, 3.8) is 0 Å². The number of nitrogens with one attached hydrogen (secondary N) is 1. The third-order valence-electron chi connectivity index (χ3n) is 3.82. The van der Waals surface area contributed by atoms with E-state index in [1.807, 2.05) is 0 Å². The number of hydroxylamine groups is 1. The molecule has 0 saturated heterocycles. The van der Waals surface area contributed by atoms with Crippen LogP contribution in [-0.2, 0) is 4.84 Å². The molecule has 0 radical (unpaired) electrons. The highest BCUT2D eigenvalue weighted by atomic mass is 16.7. The minimum absolute atomic E-state index is 0.510. The Hall–Kier alpha value is -0.0800. The van der Waals surface area contributed by atoms with Gasteiger partial charge < -0.3 is 0 Å². The predicted octanol–water partition coefficient (Wildman–Crippen LogP) is 3.03. The first-order chi connectivity index (χ1) is 6.88. The van der Waals surface area contributed by atoms with Gasteiger partial charge in [-0.3, -0.25) is 4.84 Å². The van der Waals surface area contributed by atoms with E-state index in [9.17, 15) is 0 Å². The van der Waals surface area contributed by atoms with Crippen molar-refractivity contribution in [3.8, 4) is 0 Å². The van der Waals surface area contributed by atoms with Crippen molar-refractivity contribution in [3.05, 3.63) is 0 Å². The van der Waals surface area contributed by atoms with Crippen LogP contribution in [0.25, 0.3) is 0 Å². The second kappa shape index (κ2) is 5.13. The first-order valence-electron chi connectivity index (χ1n) is 6.29. The zero-order chi connectivity index (χ0) is 9.80. The second-order valence-electron chi connectivity index (χ2n) is 4.93. The minimum atomic E-state index is 0.510. The summed E-state index contributed by atoms with van der Waals surface area (Å²) in [7, 11) is 0. The molecule has 82 valence electrons. The van der Waals surface area contributed by atoms with Crippen molar-refractivity contribution in [1.29, 1.82) is 0 Å². The Bertz CT molecular complexity index is 166. The molecule has 2 unspecified atom stereocenters. The molecule has 2 heteroatoms. The Morgan fingerprint density at radius 3 is 2.57 bits per heavy atom. The van der Waals surface area contributed by atoms with E-state index in [2.05, 4.69) is 12.4 Å². The van der Waals surface area contributed by atoms with Gasteiger partial charge in [0, 0.05) is 6.04 Å². The molecular weight excluding hydrogens is 174 g/mol. The third-order valence-corrected chi connectivity index (χ3v) is 3.82. The molecule has 0 heterocycles. The summed E-state index contributed by atoms with van der Waals surface area (Å²) in [6.45, 7) is 2.30. The molecule has 2 nitrogen and oxygen atoms in total. The second-order valence-corrected chi connectivity index (χ2v) is 4.93. The van der Waals surface area contributed by atoms with Crippen LogP contribution in [0.5, 0.6) is 0 Å². The zero-order valence-electron chi connectivity index (χ0n) is 9.30. The third kappa shape index (κ3) is 2.71.